The van der Waals surface area contributed by atoms with Gasteiger partial charge in [-0.05, 0) is 18.2 Å². The third kappa shape index (κ3) is 2.90. The quantitative estimate of drug-likeness (QED) is 0.606. The van der Waals surface area contributed by atoms with Gasteiger partial charge in [-0.1, -0.05) is 30.3 Å². The maximum absolute atomic E-state index is 12.6. The second-order valence-corrected chi connectivity index (χ2v) is 4.98. The Morgan fingerprint density at radius 3 is 2.30 bits per heavy atom. The van der Waals surface area contributed by atoms with Gasteiger partial charge in [0.05, 0.1) is 10.5 Å². The Balaban J connectivity index is 2.01. The van der Waals surface area contributed by atoms with Crippen LogP contribution in [0.2, 0.25) is 0 Å². The molecule has 1 atom stereocenters. The topological polar surface area (TPSA) is 52.4 Å². The van der Waals surface area contributed by atoms with Crippen LogP contribution < -0.4 is 4.74 Å². The van der Waals surface area contributed by atoms with Gasteiger partial charge in [0.2, 0.25) is 6.10 Å². The van der Waals surface area contributed by atoms with Gasteiger partial charge in [-0.3, -0.25) is 10.1 Å². The van der Waals surface area contributed by atoms with Gasteiger partial charge in [0.25, 0.3) is 5.70 Å². The molecule has 0 amide bonds. The molecule has 1 aliphatic heterocycles. The number of nitrogens with zero attached hydrogens (tertiary/aromatic N) is 1. The normalized spacial score (nSPS) is 17.0. The smallest absolute Gasteiger partial charge is 0.416 e. The predicted molar refractivity (Wildman–Crippen MR) is 76.2 cm³/mol. The molecule has 0 unspecified atom stereocenters. The molecule has 2 aromatic carbocycles. The van der Waals surface area contributed by atoms with E-state index in [0.717, 1.165) is 12.1 Å². The van der Waals surface area contributed by atoms with Crippen LogP contribution in [-0.2, 0) is 6.18 Å². The molecule has 0 bridgehead atoms. The third-order valence-electron chi connectivity index (χ3n) is 3.49. The first-order valence-corrected chi connectivity index (χ1v) is 6.65. The van der Waals surface area contributed by atoms with Gasteiger partial charge < -0.3 is 4.74 Å². The number of alkyl halides is 3. The summed E-state index contributed by atoms with van der Waals surface area (Å²) in [6.07, 6.45) is -4.14. The summed E-state index contributed by atoms with van der Waals surface area (Å²) in [5, 5.41) is 11.3. The molecule has 0 aromatic heterocycles. The zero-order valence-corrected chi connectivity index (χ0v) is 11.6. The van der Waals surface area contributed by atoms with Crippen LogP contribution in [0.3, 0.4) is 0 Å². The number of halogens is 3. The number of hydrogen-bond acceptors (Lipinski definition) is 3. The van der Waals surface area contributed by atoms with Gasteiger partial charge in [-0.25, -0.2) is 0 Å². The van der Waals surface area contributed by atoms with Crippen molar-refractivity contribution in [1.29, 1.82) is 0 Å². The summed E-state index contributed by atoms with van der Waals surface area (Å²) in [5.74, 6) is 0.447. The number of nitro groups is 1. The molecule has 2 aromatic rings. The number of rotatable bonds is 2. The van der Waals surface area contributed by atoms with E-state index >= 15 is 0 Å². The predicted octanol–water partition coefficient (Wildman–Crippen LogP) is 4.46. The van der Waals surface area contributed by atoms with Crippen LogP contribution in [0.25, 0.3) is 6.08 Å². The van der Waals surface area contributed by atoms with E-state index in [4.69, 9.17) is 4.74 Å². The number of fused-ring (bicyclic) bond motifs is 1. The Morgan fingerprint density at radius 1 is 1.04 bits per heavy atom. The average Bonchev–Trinajstić information content (AvgIpc) is 2.53. The van der Waals surface area contributed by atoms with Crippen molar-refractivity contribution in [2.24, 2.45) is 0 Å². The van der Waals surface area contributed by atoms with Crippen LogP contribution in [0.5, 0.6) is 5.75 Å². The van der Waals surface area contributed by atoms with E-state index in [9.17, 15) is 23.3 Å². The molecule has 7 heteroatoms. The molecule has 0 saturated carbocycles. The summed E-state index contributed by atoms with van der Waals surface area (Å²) in [6, 6.07) is 10.9. The molecule has 0 N–H and O–H groups in total. The Morgan fingerprint density at radius 2 is 1.70 bits per heavy atom. The zero-order chi connectivity index (χ0) is 16.6. The molecule has 1 aliphatic rings. The minimum absolute atomic E-state index is 0.219. The van der Waals surface area contributed by atoms with Crippen molar-refractivity contribution in [3.8, 4) is 5.75 Å². The molecular formula is C16H10F3NO3. The van der Waals surface area contributed by atoms with Gasteiger partial charge in [-0.15, -0.1) is 0 Å². The summed E-state index contributed by atoms with van der Waals surface area (Å²) in [7, 11) is 0. The zero-order valence-electron chi connectivity index (χ0n) is 11.6. The summed E-state index contributed by atoms with van der Waals surface area (Å²) in [4.78, 5) is 10.7. The first kappa shape index (κ1) is 15.1. The van der Waals surface area contributed by atoms with E-state index in [-0.39, 0.29) is 11.3 Å². The summed E-state index contributed by atoms with van der Waals surface area (Å²) in [5.41, 5.74) is -0.189. The Hall–Kier alpha value is -2.83. The van der Waals surface area contributed by atoms with Crippen molar-refractivity contribution >= 4 is 6.08 Å². The SMILES string of the molecule is O=[N+]([O-])C1=Cc2ccccc2O[C@@H]1c1ccc(C(F)(F)F)cc1. The van der Waals surface area contributed by atoms with Crippen LogP contribution in [0.4, 0.5) is 13.2 Å². The second-order valence-electron chi connectivity index (χ2n) is 4.98. The molecule has 118 valence electrons. The van der Waals surface area contributed by atoms with E-state index in [1.54, 1.807) is 24.3 Å². The molecule has 3 rings (SSSR count). The van der Waals surface area contributed by atoms with Crippen LogP contribution in [0.15, 0.2) is 54.2 Å². The number of benzene rings is 2. The molecule has 1 heterocycles. The van der Waals surface area contributed by atoms with Gasteiger partial charge in [-0.2, -0.15) is 13.2 Å². The standard InChI is InChI=1S/C16H10F3NO3/c17-16(18,19)12-7-5-10(6-8-12)15-13(20(21)22)9-11-3-1-2-4-14(11)23-15/h1-9,15H/t15-/m1/s1. The summed E-state index contributed by atoms with van der Waals surface area (Å²) < 4.78 is 43.5. The lowest BCUT2D eigenvalue weighted by molar-refractivity contribution is -0.434. The molecule has 0 saturated heterocycles. The largest absolute Gasteiger partial charge is 0.474 e. The van der Waals surface area contributed by atoms with E-state index in [2.05, 4.69) is 0 Å². The summed E-state index contributed by atoms with van der Waals surface area (Å²) in [6.45, 7) is 0. The van der Waals surface area contributed by atoms with E-state index in [1.807, 2.05) is 0 Å². The fourth-order valence-corrected chi connectivity index (χ4v) is 2.36. The number of hydrogen-bond donors (Lipinski definition) is 0. The molecule has 0 aliphatic carbocycles. The second kappa shape index (κ2) is 5.42. The van der Waals surface area contributed by atoms with Crippen molar-refractivity contribution < 1.29 is 22.8 Å². The minimum atomic E-state index is -4.46. The third-order valence-corrected chi connectivity index (χ3v) is 3.49. The highest BCUT2D eigenvalue weighted by Gasteiger charge is 2.34. The maximum atomic E-state index is 12.6. The Labute approximate surface area is 129 Å². The van der Waals surface area contributed by atoms with Crippen LogP contribution >= 0.6 is 0 Å². The van der Waals surface area contributed by atoms with Gasteiger partial charge in [0, 0.05) is 17.2 Å². The highest BCUT2D eigenvalue weighted by Crippen LogP contribution is 2.38. The van der Waals surface area contributed by atoms with Crippen molar-refractivity contribution in [2.45, 2.75) is 12.3 Å². The van der Waals surface area contributed by atoms with Crippen molar-refractivity contribution in [1.82, 2.24) is 0 Å². The lowest BCUT2D eigenvalue weighted by Gasteiger charge is -2.22. The number of para-hydroxylation sites is 1. The van der Waals surface area contributed by atoms with E-state index < -0.39 is 22.8 Å². The number of ether oxygens (including phenoxy) is 1. The van der Waals surface area contributed by atoms with Crippen molar-refractivity contribution in [3.63, 3.8) is 0 Å². The summed E-state index contributed by atoms with van der Waals surface area (Å²) >= 11 is 0. The molecule has 0 radical (unpaired) electrons. The molecule has 0 fully saturated rings. The van der Waals surface area contributed by atoms with Gasteiger partial charge in [0.1, 0.15) is 5.75 Å². The fraction of sp³-hybridized carbons (Fsp3) is 0.125. The van der Waals surface area contributed by atoms with Crippen molar-refractivity contribution in [2.75, 3.05) is 0 Å². The molecule has 0 spiro atoms. The van der Waals surface area contributed by atoms with E-state index in [0.29, 0.717) is 11.3 Å². The minimum Gasteiger partial charge on any atom is -0.474 e. The van der Waals surface area contributed by atoms with Crippen LogP contribution in [-0.4, -0.2) is 4.92 Å². The van der Waals surface area contributed by atoms with Gasteiger partial charge >= 0.3 is 6.18 Å². The molecule has 23 heavy (non-hydrogen) atoms. The molecule has 4 nitrogen and oxygen atoms in total. The first-order valence-electron chi connectivity index (χ1n) is 6.65. The van der Waals surface area contributed by atoms with Crippen LogP contribution in [0, 0.1) is 10.1 Å². The lowest BCUT2D eigenvalue weighted by Crippen LogP contribution is -2.20. The van der Waals surface area contributed by atoms with Crippen LogP contribution in [0.1, 0.15) is 22.8 Å². The highest BCUT2D eigenvalue weighted by molar-refractivity contribution is 5.62. The lowest BCUT2D eigenvalue weighted by atomic mass is 10.00. The first-order chi connectivity index (χ1) is 10.9. The highest BCUT2D eigenvalue weighted by atomic mass is 19.4. The van der Waals surface area contributed by atoms with Gasteiger partial charge in [0.15, 0.2) is 0 Å². The average molecular weight is 321 g/mol. The maximum Gasteiger partial charge on any atom is 0.416 e. The van der Waals surface area contributed by atoms with E-state index in [1.165, 1.54) is 18.2 Å². The fourth-order valence-electron chi connectivity index (χ4n) is 2.36. The Bertz CT molecular complexity index is 782. The monoisotopic (exact) mass is 321 g/mol. The van der Waals surface area contributed by atoms with Crippen molar-refractivity contribution in [3.05, 3.63) is 81.0 Å². The molecular weight excluding hydrogens is 311 g/mol. The Kier molecular flexibility index (Phi) is 3.55.